The molecule has 0 bridgehead atoms. The normalized spacial score (nSPS) is 14.2. The summed E-state index contributed by atoms with van der Waals surface area (Å²) >= 11 is 0. The standard InChI is InChI=1S/C10H18N2Si/c1-13(2,10(12)8-11)9-6-4-3-5-7-9/h3-7,10H,8,11-12H2,1-2H3. The van der Waals surface area contributed by atoms with E-state index in [4.69, 9.17) is 11.5 Å². The topological polar surface area (TPSA) is 52.0 Å². The second-order valence-corrected chi connectivity index (χ2v) is 8.69. The average Bonchev–Trinajstić information content (AvgIpc) is 2.18. The molecule has 2 nitrogen and oxygen atoms in total. The molecule has 1 aromatic rings. The molecule has 0 aromatic heterocycles. The van der Waals surface area contributed by atoms with Gasteiger partial charge in [-0.2, -0.15) is 0 Å². The Bertz CT molecular complexity index is 259. The van der Waals surface area contributed by atoms with Crippen molar-refractivity contribution in [2.75, 3.05) is 6.54 Å². The molecule has 13 heavy (non-hydrogen) atoms. The second-order valence-electron chi connectivity index (χ2n) is 3.93. The third-order valence-corrected chi connectivity index (χ3v) is 6.61. The molecule has 0 spiro atoms. The van der Waals surface area contributed by atoms with Gasteiger partial charge in [-0.3, -0.25) is 0 Å². The first-order valence-electron chi connectivity index (χ1n) is 4.60. The molecule has 0 fully saturated rings. The van der Waals surface area contributed by atoms with E-state index in [9.17, 15) is 0 Å². The molecule has 0 saturated carbocycles. The lowest BCUT2D eigenvalue weighted by molar-refractivity contribution is 0.867. The lowest BCUT2D eigenvalue weighted by Crippen LogP contribution is -2.59. The molecule has 1 unspecified atom stereocenters. The van der Waals surface area contributed by atoms with Crippen molar-refractivity contribution in [1.29, 1.82) is 0 Å². The molecule has 0 aliphatic rings. The molecule has 0 saturated heterocycles. The number of rotatable bonds is 3. The maximum absolute atomic E-state index is 6.02. The van der Waals surface area contributed by atoms with Gasteiger partial charge in [-0.25, -0.2) is 0 Å². The fourth-order valence-electron chi connectivity index (χ4n) is 1.38. The predicted octanol–water partition coefficient (Wildman–Crippen LogP) is 0.427. The maximum atomic E-state index is 6.02. The van der Waals surface area contributed by atoms with Crippen LogP contribution >= 0.6 is 0 Å². The van der Waals surface area contributed by atoms with E-state index in [1.165, 1.54) is 5.19 Å². The summed E-state index contributed by atoms with van der Waals surface area (Å²) in [5.74, 6) is 0. The summed E-state index contributed by atoms with van der Waals surface area (Å²) < 4.78 is 0. The minimum Gasteiger partial charge on any atom is -0.329 e. The molecule has 0 aliphatic heterocycles. The molecule has 1 aromatic carbocycles. The van der Waals surface area contributed by atoms with Crippen LogP contribution in [0.25, 0.3) is 0 Å². The van der Waals surface area contributed by atoms with E-state index in [0.717, 1.165) is 0 Å². The number of hydrogen-bond donors (Lipinski definition) is 2. The molecule has 4 N–H and O–H groups in total. The number of benzene rings is 1. The Morgan fingerprint density at radius 3 is 2.23 bits per heavy atom. The molecule has 1 atom stereocenters. The van der Waals surface area contributed by atoms with Gasteiger partial charge in [0, 0.05) is 12.2 Å². The molecule has 1 rings (SSSR count). The summed E-state index contributed by atoms with van der Waals surface area (Å²) in [6, 6.07) is 10.5. The largest absolute Gasteiger partial charge is 0.329 e. The average molecular weight is 194 g/mol. The van der Waals surface area contributed by atoms with Crippen molar-refractivity contribution < 1.29 is 0 Å². The zero-order valence-corrected chi connectivity index (χ0v) is 9.33. The van der Waals surface area contributed by atoms with Gasteiger partial charge in [-0.15, -0.1) is 0 Å². The van der Waals surface area contributed by atoms with Crippen LogP contribution in [0.15, 0.2) is 30.3 Å². The minimum atomic E-state index is -1.53. The first-order chi connectivity index (χ1) is 6.09. The van der Waals surface area contributed by atoms with Crippen LogP contribution in [0.4, 0.5) is 0 Å². The van der Waals surface area contributed by atoms with E-state index in [0.29, 0.717) is 6.54 Å². The molecule has 0 amide bonds. The van der Waals surface area contributed by atoms with Crippen molar-refractivity contribution in [3.8, 4) is 0 Å². The van der Waals surface area contributed by atoms with Gasteiger partial charge in [0.1, 0.15) is 0 Å². The Hall–Kier alpha value is -0.643. The van der Waals surface area contributed by atoms with E-state index in [1.54, 1.807) is 0 Å². The quantitative estimate of drug-likeness (QED) is 0.686. The van der Waals surface area contributed by atoms with E-state index in [-0.39, 0.29) is 5.67 Å². The first kappa shape index (κ1) is 10.4. The van der Waals surface area contributed by atoms with E-state index < -0.39 is 8.07 Å². The van der Waals surface area contributed by atoms with Crippen LogP contribution in [-0.4, -0.2) is 20.3 Å². The SMILES string of the molecule is C[Si](C)(c1ccccc1)C(N)CN. The van der Waals surface area contributed by atoms with Gasteiger partial charge >= 0.3 is 0 Å². The fourth-order valence-corrected chi connectivity index (χ4v) is 3.45. The van der Waals surface area contributed by atoms with E-state index in [2.05, 4.69) is 37.4 Å². The van der Waals surface area contributed by atoms with Crippen LogP contribution in [-0.2, 0) is 0 Å². The maximum Gasteiger partial charge on any atom is 0.0996 e. The van der Waals surface area contributed by atoms with E-state index >= 15 is 0 Å². The van der Waals surface area contributed by atoms with E-state index in [1.807, 2.05) is 6.07 Å². The zero-order valence-electron chi connectivity index (χ0n) is 8.33. The van der Waals surface area contributed by atoms with Gasteiger partial charge in [0.2, 0.25) is 0 Å². The molecule has 0 radical (unpaired) electrons. The zero-order chi connectivity index (χ0) is 9.90. The Labute approximate surface area is 81.0 Å². The predicted molar refractivity (Wildman–Crippen MR) is 60.6 cm³/mol. The summed E-state index contributed by atoms with van der Waals surface area (Å²) in [5.41, 5.74) is 11.8. The third-order valence-electron chi connectivity index (χ3n) is 2.70. The van der Waals surface area contributed by atoms with Crippen molar-refractivity contribution in [2.45, 2.75) is 18.8 Å². The summed E-state index contributed by atoms with van der Waals surface area (Å²) in [5, 5.41) is 1.38. The smallest absolute Gasteiger partial charge is 0.0996 e. The van der Waals surface area contributed by atoms with Crippen molar-refractivity contribution in [2.24, 2.45) is 11.5 Å². The lowest BCUT2D eigenvalue weighted by Gasteiger charge is -2.28. The van der Waals surface area contributed by atoms with Gasteiger partial charge in [0.25, 0.3) is 0 Å². The molecule has 0 heterocycles. The molecule has 3 heteroatoms. The van der Waals surface area contributed by atoms with Gasteiger partial charge in [-0.05, 0) is 0 Å². The summed E-state index contributed by atoms with van der Waals surface area (Å²) in [7, 11) is -1.53. The van der Waals surface area contributed by atoms with Gasteiger partial charge < -0.3 is 11.5 Å². The Morgan fingerprint density at radius 1 is 1.23 bits per heavy atom. The number of hydrogen-bond acceptors (Lipinski definition) is 2. The first-order valence-corrected chi connectivity index (χ1v) is 7.68. The summed E-state index contributed by atoms with van der Waals surface area (Å²) in [4.78, 5) is 0. The minimum absolute atomic E-state index is 0.148. The third kappa shape index (κ3) is 2.18. The van der Waals surface area contributed by atoms with Crippen LogP contribution in [0.1, 0.15) is 0 Å². The van der Waals surface area contributed by atoms with Gasteiger partial charge in [-0.1, -0.05) is 48.6 Å². The fraction of sp³-hybridized carbons (Fsp3) is 0.400. The molecule has 0 aliphatic carbocycles. The van der Waals surface area contributed by atoms with Crippen LogP contribution in [0.2, 0.25) is 13.1 Å². The summed E-state index contributed by atoms with van der Waals surface area (Å²) in [6.45, 7) is 5.10. The Morgan fingerprint density at radius 2 is 1.77 bits per heavy atom. The van der Waals surface area contributed by atoms with Gasteiger partial charge in [0.05, 0.1) is 8.07 Å². The molecular formula is C10H18N2Si. The summed E-state index contributed by atoms with van der Waals surface area (Å²) in [6.07, 6.45) is 0. The Balaban J connectivity index is 2.93. The van der Waals surface area contributed by atoms with Crippen molar-refractivity contribution in [1.82, 2.24) is 0 Å². The van der Waals surface area contributed by atoms with Gasteiger partial charge in [0.15, 0.2) is 0 Å². The second kappa shape index (κ2) is 4.04. The highest BCUT2D eigenvalue weighted by Crippen LogP contribution is 2.06. The molecule has 72 valence electrons. The Kier molecular flexibility index (Phi) is 3.25. The van der Waals surface area contributed by atoms with Crippen LogP contribution in [0.3, 0.4) is 0 Å². The highest BCUT2D eigenvalue weighted by molar-refractivity contribution is 6.91. The number of nitrogens with two attached hydrogens (primary N) is 2. The monoisotopic (exact) mass is 194 g/mol. The molecular weight excluding hydrogens is 176 g/mol. The highest BCUT2D eigenvalue weighted by Gasteiger charge is 2.29. The van der Waals surface area contributed by atoms with Crippen LogP contribution in [0.5, 0.6) is 0 Å². The van der Waals surface area contributed by atoms with Crippen molar-refractivity contribution >= 4 is 13.3 Å². The van der Waals surface area contributed by atoms with Crippen LogP contribution < -0.4 is 16.7 Å². The highest BCUT2D eigenvalue weighted by atomic mass is 28.3. The van der Waals surface area contributed by atoms with Crippen LogP contribution in [0, 0.1) is 0 Å². The lowest BCUT2D eigenvalue weighted by atomic mass is 10.4. The van der Waals surface area contributed by atoms with Crippen molar-refractivity contribution in [3.05, 3.63) is 30.3 Å². The van der Waals surface area contributed by atoms with Crippen molar-refractivity contribution in [3.63, 3.8) is 0 Å².